The molecule has 0 atom stereocenters. The van der Waals surface area contributed by atoms with Gasteiger partial charge in [0.2, 0.25) is 5.78 Å². The van der Waals surface area contributed by atoms with Crippen molar-refractivity contribution in [2.45, 2.75) is 19.8 Å². The molecule has 2 aromatic rings. The second-order valence-electron chi connectivity index (χ2n) is 5.74. The van der Waals surface area contributed by atoms with Crippen molar-refractivity contribution in [1.82, 2.24) is 15.3 Å². The quantitative estimate of drug-likeness (QED) is 0.876. The molecule has 3 rings (SSSR count). The third-order valence-electron chi connectivity index (χ3n) is 4.10. The number of aromatic nitrogens is 2. The van der Waals surface area contributed by atoms with E-state index in [4.69, 9.17) is 0 Å². The van der Waals surface area contributed by atoms with Crippen LogP contribution in [0.5, 0.6) is 0 Å². The number of carbonyl (C=O) groups is 1. The highest BCUT2D eigenvalue weighted by Gasteiger charge is 2.15. The average Bonchev–Trinajstić information content (AvgIpc) is 2.90. The van der Waals surface area contributed by atoms with E-state index in [-0.39, 0.29) is 5.78 Å². The van der Waals surface area contributed by atoms with E-state index in [0.717, 1.165) is 50.4 Å². The molecule has 1 saturated heterocycles. The summed E-state index contributed by atoms with van der Waals surface area (Å²) in [6.45, 7) is 5.91. The summed E-state index contributed by atoms with van der Waals surface area (Å²) in [5.74, 6) is 0.807. The zero-order valence-corrected chi connectivity index (χ0v) is 13.5. The van der Waals surface area contributed by atoms with Crippen LogP contribution in [0.3, 0.4) is 0 Å². The summed E-state index contributed by atoms with van der Waals surface area (Å²) >= 11 is 0. The molecule has 1 N–H and O–H groups in total. The van der Waals surface area contributed by atoms with E-state index >= 15 is 0 Å². The Kier molecular flexibility index (Phi) is 4.98. The van der Waals surface area contributed by atoms with Crippen LogP contribution in [0.1, 0.15) is 35.0 Å². The molecule has 0 spiro atoms. The van der Waals surface area contributed by atoms with Crippen molar-refractivity contribution in [2.24, 2.45) is 0 Å². The maximum atomic E-state index is 12.7. The average molecular weight is 310 g/mol. The van der Waals surface area contributed by atoms with Crippen molar-refractivity contribution in [3.05, 3.63) is 53.5 Å². The molecule has 0 unspecified atom stereocenters. The van der Waals surface area contributed by atoms with Crippen LogP contribution in [0.15, 0.2) is 36.7 Å². The van der Waals surface area contributed by atoms with E-state index in [2.05, 4.69) is 27.1 Å². The van der Waals surface area contributed by atoms with Crippen LogP contribution in [-0.2, 0) is 6.42 Å². The molecule has 1 aliphatic rings. The topological polar surface area (TPSA) is 58.1 Å². The molecular formula is C18H22N4O. The third kappa shape index (κ3) is 3.74. The van der Waals surface area contributed by atoms with Crippen molar-refractivity contribution in [3.8, 4) is 0 Å². The molecule has 5 heteroatoms. The van der Waals surface area contributed by atoms with Gasteiger partial charge in [0.15, 0.2) is 0 Å². The number of anilines is 1. The fourth-order valence-electron chi connectivity index (χ4n) is 2.75. The number of nitrogens with one attached hydrogen (secondary N) is 1. The predicted octanol–water partition coefficient (Wildman–Crippen LogP) is 2.07. The largest absolute Gasteiger partial charge is 0.355 e. The monoisotopic (exact) mass is 310 g/mol. The lowest BCUT2D eigenvalue weighted by Crippen LogP contribution is -2.28. The summed E-state index contributed by atoms with van der Waals surface area (Å²) < 4.78 is 0. The Balaban J connectivity index is 1.84. The van der Waals surface area contributed by atoms with Crippen LogP contribution in [0.4, 0.5) is 5.82 Å². The molecule has 1 aliphatic heterocycles. The van der Waals surface area contributed by atoms with Crippen molar-refractivity contribution < 1.29 is 4.79 Å². The first kappa shape index (κ1) is 15.6. The first-order valence-electron chi connectivity index (χ1n) is 8.19. The van der Waals surface area contributed by atoms with Crippen molar-refractivity contribution in [3.63, 3.8) is 0 Å². The maximum Gasteiger partial charge on any atom is 0.212 e. The smallest absolute Gasteiger partial charge is 0.212 e. The van der Waals surface area contributed by atoms with Gasteiger partial charge in [-0.3, -0.25) is 9.78 Å². The molecule has 0 aromatic carbocycles. The Hall–Kier alpha value is -2.27. The fourth-order valence-corrected chi connectivity index (χ4v) is 2.75. The number of hydrogen-bond donors (Lipinski definition) is 1. The highest BCUT2D eigenvalue weighted by molar-refractivity contribution is 6.07. The number of rotatable bonds is 4. The molecular weight excluding hydrogens is 288 g/mol. The number of carbonyl (C=O) groups excluding carboxylic acids is 1. The van der Waals surface area contributed by atoms with Crippen LogP contribution in [0, 0.1) is 0 Å². The van der Waals surface area contributed by atoms with Gasteiger partial charge >= 0.3 is 0 Å². The van der Waals surface area contributed by atoms with Gasteiger partial charge in [-0.2, -0.15) is 0 Å². The Morgan fingerprint density at radius 3 is 3.04 bits per heavy atom. The molecule has 0 amide bonds. The van der Waals surface area contributed by atoms with E-state index in [1.165, 1.54) is 0 Å². The van der Waals surface area contributed by atoms with Gasteiger partial charge in [-0.1, -0.05) is 13.0 Å². The summed E-state index contributed by atoms with van der Waals surface area (Å²) in [4.78, 5) is 23.7. The standard InChI is InChI=1S/C18H22N4O/c1-2-14-11-15(13-20-12-14)18(23)16-5-3-6-17(21-16)22-9-4-7-19-8-10-22/h3,5-6,11-13,19H,2,4,7-10H2,1H3. The van der Waals surface area contributed by atoms with Crippen molar-refractivity contribution >= 4 is 11.6 Å². The minimum Gasteiger partial charge on any atom is -0.355 e. The van der Waals surface area contributed by atoms with Gasteiger partial charge in [-0.25, -0.2) is 4.98 Å². The van der Waals surface area contributed by atoms with Gasteiger partial charge < -0.3 is 10.2 Å². The SMILES string of the molecule is CCc1cncc(C(=O)c2cccc(N3CCCNCC3)n2)c1. The molecule has 0 saturated carbocycles. The minimum absolute atomic E-state index is 0.0670. The van der Waals surface area contributed by atoms with Crippen LogP contribution >= 0.6 is 0 Å². The molecule has 23 heavy (non-hydrogen) atoms. The van der Waals surface area contributed by atoms with Gasteiger partial charge in [0.05, 0.1) is 0 Å². The molecule has 0 aliphatic carbocycles. The van der Waals surface area contributed by atoms with Crippen molar-refractivity contribution in [1.29, 1.82) is 0 Å². The number of nitrogens with zero attached hydrogens (tertiary/aromatic N) is 3. The van der Waals surface area contributed by atoms with Crippen molar-refractivity contribution in [2.75, 3.05) is 31.1 Å². The molecule has 0 radical (unpaired) electrons. The third-order valence-corrected chi connectivity index (χ3v) is 4.10. The summed E-state index contributed by atoms with van der Waals surface area (Å²) in [6.07, 6.45) is 5.36. The number of aryl methyl sites for hydroxylation is 1. The molecule has 5 nitrogen and oxygen atoms in total. The predicted molar refractivity (Wildman–Crippen MR) is 91.0 cm³/mol. The number of ketones is 1. The van der Waals surface area contributed by atoms with Gasteiger partial charge in [-0.15, -0.1) is 0 Å². The first-order valence-corrected chi connectivity index (χ1v) is 8.19. The molecule has 0 bridgehead atoms. The van der Waals surface area contributed by atoms with Crippen LogP contribution in [0.2, 0.25) is 0 Å². The maximum absolute atomic E-state index is 12.7. The first-order chi connectivity index (χ1) is 11.3. The summed E-state index contributed by atoms with van der Waals surface area (Å²) in [5, 5.41) is 3.38. The Morgan fingerprint density at radius 2 is 2.17 bits per heavy atom. The molecule has 3 heterocycles. The fraction of sp³-hybridized carbons (Fsp3) is 0.389. The zero-order chi connectivity index (χ0) is 16.1. The number of hydrogen-bond acceptors (Lipinski definition) is 5. The Morgan fingerprint density at radius 1 is 1.26 bits per heavy atom. The van der Waals surface area contributed by atoms with Crippen LogP contribution < -0.4 is 10.2 Å². The lowest BCUT2D eigenvalue weighted by Gasteiger charge is -2.21. The highest BCUT2D eigenvalue weighted by Crippen LogP contribution is 2.15. The Labute approximate surface area is 136 Å². The lowest BCUT2D eigenvalue weighted by molar-refractivity contribution is 0.103. The van der Waals surface area contributed by atoms with Gasteiger partial charge in [0, 0.05) is 37.6 Å². The van der Waals surface area contributed by atoms with E-state index in [1.54, 1.807) is 18.5 Å². The summed E-state index contributed by atoms with van der Waals surface area (Å²) in [6, 6.07) is 7.56. The zero-order valence-electron chi connectivity index (χ0n) is 13.5. The van der Waals surface area contributed by atoms with E-state index in [0.29, 0.717) is 11.3 Å². The molecule has 120 valence electrons. The van der Waals surface area contributed by atoms with Crippen LogP contribution in [0.25, 0.3) is 0 Å². The Bertz CT molecular complexity index is 678. The van der Waals surface area contributed by atoms with Gasteiger partial charge in [0.25, 0.3) is 0 Å². The van der Waals surface area contributed by atoms with E-state index < -0.39 is 0 Å². The van der Waals surface area contributed by atoms with E-state index in [1.807, 2.05) is 18.2 Å². The second kappa shape index (κ2) is 7.33. The molecule has 1 fully saturated rings. The second-order valence-corrected chi connectivity index (χ2v) is 5.74. The molecule has 2 aromatic heterocycles. The van der Waals surface area contributed by atoms with Crippen LogP contribution in [-0.4, -0.2) is 41.9 Å². The van der Waals surface area contributed by atoms with Gasteiger partial charge in [0.1, 0.15) is 11.5 Å². The summed E-state index contributed by atoms with van der Waals surface area (Å²) in [5.41, 5.74) is 2.15. The number of pyridine rings is 2. The minimum atomic E-state index is -0.0670. The summed E-state index contributed by atoms with van der Waals surface area (Å²) in [7, 11) is 0. The lowest BCUT2D eigenvalue weighted by atomic mass is 10.1. The normalized spacial score (nSPS) is 15.3. The van der Waals surface area contributed by atoms with Gasteiger partial charge in [-0.05, 0) is 43.1 Å². The highest BCUT2D eigenvalue weighted by atomic mass is 16.1. The van der Waals surface area contributed by atoms with E-state index in [9.17, 15) is 4.79 Å².